The van der Waals surface area contributed by atoms with Crippen LogP contribution in [0.1, 0.15) is 45.6 Å². The van der Waals surface area contributed by atoms with Gasteiger partial charge in [-0.1, -0.05) is 20.3 Å². The minimum atomic E-state index is -0.469. The van der Waals surface area contributed by atoms with Gasteiger partial charge >= 0.3 is 0 Å². The van der Waals surface area contributed by atoms with Crippen LogP contribution in [-0.2, 0) is 11.4 Å². The lowest BCUT2D eigenvalue weighted by Crippen LogP contribution is -2.46. The predicted octanol–water partition coefficient (Wildman–Crippen LogP) is 2.88. The zero-order chi connectivity index (χ0) is 16.1. The number of carbonyl (C=O) groups excluding carboxylic acids is 1. The first kappa shape index (κ1) is 16.6. The molecule has 5 nitrogen and oxygen atoms in total. The van der Waals surface area contributed by atoms with Gasteiger partial charge in [0.25, 0.3) is 5.91 Å². The minimum absolute atomic E-state index is 0.0130. The molecule has 1 heterocycles. The van der Waals surface area contributed by atoms with Crippen LogP contribution >= 0.6 is 0 Å². The summed E-state index contributed by atoms with van der Waals surface area (Å²) in [6.07, 6.45) is 2.08. The third kappa shape index (κ3) is 3.19. The highest BCUT2D eigenvalue weighted by Gasteiger charge is 2.35. The van der Waals surface area contributed by atoms with Crippen molar-refractivity contribution in [2.24, 2.45) is 0 Å². The van der Waals surface area contributed by atoms with Crippen molar-refractivity contribution in [3.8, 4) is 11.5 Å². The van der Waals surface area contributed by atoms with E-state index in [1.165, 1.54) is 0 Å². The lowest BCUT2D eigenvalue weighted by molar-refractivity contribution is -0.126. The zero-order valence-electron chi connectivity index (χ0n) is 13.6. The number of hydrogen-bond donors (Lipinski definition) is 1. The standard InChI is InChI=1S/C17H25NO4/c1-4-7-8-18-13-9-12(11-19)10-15(21-6-3)16(13)22-14(5-2)17(18)20/h9-10,14,19H,4-8,11H2,1-3H3. The average Bonchev–Trinajstić information content (AvgIpc) is 2.53. The fourth-order valence-corrected chi connectivity index (χ4v) is 2.61. The van der Waals surface area contributed by atoms with E-state index in [2.05, 4.69) is 6.92 Å². The molecule has 1 amide bonds. The number of unbranched alkanes of at least 4 members (excludes halogenated alkanes) is 1. The van der Waals surface area contributed by atoms with Crippen molar-refractivity contribution in [3.05, 3.63) is 17.7 Å². The summed E-state index contributed by atoms with van der Waals surface area (Å²) in [5.74, 6) is 1.19. The molecule has 0 aromatic heterocycles. The molecule has 22 heavy (non-hydrogen) atoms. The molecule has 1 N–H and O–H groups in total. The second-order valence-corrected chi connectivity index (χ2v) is 5.39. The Hall–Kier alpha value is -1.75. The number of nitrogens with zero attached hydrogens (tertiary/aromatic N) is 1. The van der Waals surface area contributed by atoms with Gasteiger partial charge in [0.2, 0.25) is 0 Å². The molecule has 1 aromatic carbocycles. The number of anilines is 1. The zero-order valence-corrected chi connectivity index (χ0v) is 13.6. The fraction of sp³-hybridized carbons (Fsp3) is 0.588. The lowest BCUT2D eigenvalue weighted by atomic mass is 10.1. The summed E-state index contributed by atoms with van der Waals surface area (Å²) < 4.78 is 11.5. The quantitative estimate of drug-likeness (QED) is 0.841. The number of hydrogen-bond acceptors (Lipinski definition) is 4. The highest BCUT2D eigenvalue weighted by atomic mass is 16.5. The molecule has 1 aliphatic rings. The second-order valence-electron chi connectivity index (χ2n) is 5.39. The van der Waals surface area contributed by atoms with Gasteiger partial charge in [-0.3, -0.25) is 4.79 Å². The van der Waals surface area contributed by atoms with Crippen molar-refractivity contribution in [2.45, 2.75) is 52.7 Å². The first-order valence-electron chi connectivity index (χ1n) is 8.04. The van der Waals surface area contributed by atoms with Crippen molar-refractivity contribution in [2.75, 3.05) is 18.1 Å². The maximum atomic E-state index is 12.6. The number of rotatable bonds is 7. The summed E-state index contributed by atoms with van der Waals surface area (Å²) in [5, 5.41) is 9.46. The van der Waals surface area contributed by atoms with Gasteiger partial charge in [-0.05, 0) is 37.5 Å². The maximum absolute atomic E-state index is 12.6. The Balaban J connectivity index is 2.50. The molecule has 0 bridgehead atoms. The third-order valence-electron chi connectivity index (χ3n) is 3.78. The van der Waals surface area contributed by atoms with Crippen molar-refractivity contribution in [1.29, 1.82) is 0 Å². The number of fused-ring (bicyclic) bond motifs is 1. The molecule has 0 radical (unpaired) electrons. The molecule has 1 aliphatic heterocycles. The van der Waals surface area contributed by atoms with Gasteiger partial charge in [0.1, 0.15) is 0 Å². The monoisotopic (exact) mass is 307 g/mol. The molecule has 122 valence electrons. The largest absolute Gasteiger partial charge is 0.490 e. The van der Waals surface area contributed by atoms with Crippen molar-refractivity contribution in [3.63, 3.8) is 0 Å². The number of aliphatic hydroxyl groups is 1. The van der Waals surface area contributed by atoms with E-state index in [0.29, 0.717) is 36.8 Å². The van der Waals surface area contributed by atoms with Gasteiger partial charge < -0.3 is 19.5 Å². The van der Waals surface area contributed by atoms with Crippen LogP contribution in [0.15, 0.2) is 12.1 Å². The van der Waals surface area contributed by atoms with Gasteiger partial charge in [0.15, 0.2) is 17.6 Å². The van der Waals surface area contributed by atoms with Gasteiger partial charge in [-0.15, -0.1) is 0 Å². The minimum Gasteiger partial charge on any atom is -0.490 e. The van der Waals surface area contributed by atoms with E-state index in [9.17, 15) is 9.90 Å². The predicted molar refractivity (Wildman–Crippen MR) is 85.5 cm³/mol. The SMILES string of the molecule is CCCCN1C(=O)C(CC)Oc2c(OCC)cc(CO)cc21. The van der Waals surface area contributed by atoms with Crippen LogP contribution in [0.5, 0.6) is 11.5 Å². The highest BCUT2D eigenvalue weighted by molar-refractivity contribution is 6.00. The number of benzene rings is 1. The number of aliphatic hydroxyl groups excluding tert-OH is 1. The first-order chi connectivity index (χ1) is 10.7. The normalized spacial score (nSPS) is 17.2. The van der Waals surface area contributed by atoms with Crippen molar-refractivity contribution < 1.29 is 19.4 Å². The first-order valence-corrected chi connectivity index (χ1v) is 8.04. The summed E-state index contributed by atoms with van der Waals surface area (Å²) in [7, 11) is 0. The molecule has 2 rings (SSSR count). The molecule has 0 spiro atoms. The van der Waals surface area contributed by atoms with Crippen LogP contribution in [0, 0.1) is 0 Å². The van der Waals surface area contributed by atoms with E-state index < -0.39 is 6.10 Å². The third-order valence-corrected chi connectivity index (χ3v) is 3.78. The van der Waals surface area contributed by atoms with E-state index in [4.69, 9.17) is 9.47 Å². The Kier molecular flexibility index (Phi) is 5.66. The molecule has 1 unspecified atom stereocenters. The maximum Gasteiger partial charge on any atom is 0.268 e. The smallest absolute Gasteiger partial charge is 0.268 e. The topological polar surface area (TPSA) is 59.0 Å². The van der Waals surface area contributed by atoms with Crippen LogP contribution in [0.2, 0.25) is 0 Å². The van der Waals surface area contributed by atoms with Gasteiger partial charge in [0.05, 0.1) is 18.9 Å². The van der Waals surface area contributed by atoms with E-state index in [0.717, 1.165) is 18.4 Å². The summed E-state index contributed by atoms with van der Waals surface area (Å²) >= 11 is 0. The Bertz CT molecular complexity index is 530. The molecule has 1 atom stereocenters. The average molecular weight is 307 g/mol. The molecular weight excluding hydrogens is 282 g/mol. The van der Waals surface area contributed by atoms with Crippen LogP contribution in [0.25, 0.3) is 0 Å². The Morgan fingerprint density at radius 2 is 2.09 bits per heavy atom. The Morgan fingerprint density at radius 3 is 2.68 bits per heavy atom. The number of carbonyl (C=O) groups is 1. The number of amides is 1. The van der Waals surface area contributed by atoms with Crippen LogP contribution in [0.3, 0.4) is 0 Å². The molecule has 0 aliphatic carbocycles. The molecule has 1 aromatic rings. The Labute approximate surface area is 131 Å². The summed E-state index contributed by atoms with van der Waals surface area (Å²) in [6, 6.07) is 3.60. The van der Waals surface area contributed by atoms with E-state index in [1.54, 1.807) is 11.0 Å². The van der Waals surface area contributed by atoms with E-state index >= 15 is 0 Å². The van der Waals surface area contributed by atoms with Crippen LogP contribution in [-0.4, -0.2) is 30.3 Å². The van der Waals surface area contributed by atoms with Gasteiger partial charge in [-0.2, -0.15) is 0 Å². The van der Waals surface area contributed by atoms with Crippen molar-refractivity contribution in [1.82, 2.24) is 0 Å². The van der Waals surface area contributed by atoms with Crippen LogP contribution < -0.4 is 14.4 Å². The van der Waals surface area contributed by atoms with E-state index in [-0.39, 0.29) is 12.5 Å². The highest BCUT2D eigenvalue weighted by Crippen LogP contribution is 2.43. The molecule has 5 heteroatoms. The second kappa shape index (κ2) is 7.49. The molecule has 0 fully saturated rings. The summed E-state index contributed by atoms with van der Waals surface area (Å²) in [6.45, 7) is 7.00. The van der Waals surface area contributed by atoms with Gasteiger partial charge in [0, 0.05) is 6.54 Å². The molecule has 0 saturated heterocycles. The summed E-state index contributed by atoms with van der Waals surface area (Å²) in [5.41, 5.74) is 1.42. The lowest BCUT2D eigenvalue weighted by Gasteiger charge is -2.35. The fourth-order valence-electron chi connectivity index (χ4n) is 2.61. The summed E-state index contributed by atoms with van der Waals surface area (Å²) in [4.78, 5) is 14.4. The van der Waals surface area contributed by atoms with Crippen molar-refractivity contribution >= 4 is 11.6 Å². The van der Waals surface area contributed by atoms with E-state index in [1.807, 2.05) is 19.9 Å². The molecule has 0 saturated carbocycles. The molecular formula is C17H25NO4. The number of ether oxygens (including phenoxy) is 2. The Morgan fingerprint density at radius 1 is 1.32 bits per heavy atom. The van der Waals surface area contributed by atoms with Crippen LogP contribution in [0.4, 0.5) is 5.69 Å². The van der Waals surface area contributed by atoms with Gasteiger partial charge in [-0.25, -0.2) is 0 Å².